The summed E-state index contributed by atoms with van der Waals surface area (Å²) in [5.74, 6) is -0.920. The first-order chi connectivity index (χ1) is 16.5. The lowest BCUT2D eigenvalue weighted by Crippen LogP contribution is -2.50. The van der Waals surface area contributed by atoms with Gasteiger partial charge >= 0.3 is 5.97 Å². The first kappa shape index (κ1) is 24.9. The van der Waals surface area contributed by atoms with Gasteiger partial charge in [-0.3, -0.25) is 14.4 Å². The zero-order chi connectivity index (χ0) is 25.4. The third kappa shape index (κ3) is 4.81. The van der Waals surface area contributed by atoms with Gasteiger partial charge in [-0.25, -0.2) is 13.6 Å². The molecule has 0 saturated carbocycles. The Morgan fingerprint density at radius 2 is 1.74 bits per heavy atom. The van der Waals surface area contributed by atoms with Crippen LogP contribution in [-0.4, -0.2) is 56.8 Å². The fraction of sp³-hybridized carbons (Fsp3) is 0.400. The minimum atomic E-state index is -3.85. The number of fused-ring (bicyclic) bond motifs is 1. The smallest absolute Gasteiger partial charge is 0.317 e. The molecule has 1 unspecified atom stereocenters. The molecule has 1 atom stereocenters. The van der Waals surface area contributed by atoms with E-state index < -0.39 is 33.9 Å². The minimum Gasteiger partial charge on any atom is -0.455 e. The SMILES string of the molecule is CC(=O)N1CCC(C(=O)OCC(=O)N2c3ccc(S(N)(=O)=O)cc3CC2C)(c2ccccc2)CC1. The first-order valence-electron chi connectivity index (χ1n) is 11.5. The highest BCUT2D eigenvalue weighted by Gasteiger charge is 2.45. The molecule has 2 N–H and O–H groups in total. The highest BCUT2D eigenvalue weighted by molar-refractivity contribution is 7.89. The largest absolute Gasteiger partial charge is 0.455 e. The first-order valence-corrected chi connectivity index (χ1v) is 13.0. The van der Waals surface area contributed by atoms with Gasteiger partial charge in [0.1, 0.15) is 0 Å². The van der Waals surface area contributed by atoms with Gasteiger partial charge in [-0.05, 0) is 55.5 Å². The molecule has 2 aliphatic heterocycles. The Morgan fingerprint density at radius 3 is 2.34 bits per heavy atom. The Morgan fingerprint density at radius 1 is 1.09 bits per heavy atom. The Balaban J connectivity index is 1.51. The van der Waals surface area contributed by atoms with E-state index in [1.807, 2.05) is 37.3 Å². The van der Waals surface area contributed by atoms with Crippen LogP contribution in [0.4, 0.5) is 5.69 Å². The summed E-state index contributed by atoms with van der Waals surface area (Å²) in [5, 5.41) is 5.23. The van der Waals surface area contributed by atoms with Gasteiger partial charge in [-0.2, -0.15) is 0 Å². The summed E-state index contributed by atoms with van der Waals surface area (Å²) >= 11 is 0. The average molecular weight is 500 g/mol. The number of anilines is 1. The van der Waals surface area contributed by atoms with Crippen molar-refractivity contribution in [1.29, 1.82) is 0 Å². The molecule has 186 valence electrons. The Hall–Kier alpha value is -3.24. The van der Waals surface area contributed by atoms with Crippen LogP contribution in [0, 0.1) is 0 Å². The van der Waals surface area contributed by atoms with Crippen molar-refractivity contribution in [2.24, 2.45) is 5.14 Å². The van der Waals surface area contributed by atoms with Crippen molar-refractivity contribution >= 4 is 33.5 Å². The number of likely N-dealkylation sites (tertiary alicyclic amines) is 1. The quantitative estimate of drug-likeness (QED) is 0.625. The summed E-state index contributed by atoms with van der Waals surface area (Å²) in [5.41, 5.74) is 1.14. The van der Waals surface area contributed by atoms with E-state index in [0.717, 1.165) is 5.56 Å². The number of carbonyl (C=O) groups excluding carboxylic acids is 3. The molecule has 0 bridgehead atoms. The second-order valence-corrected chi connectivity index (χ2v) is 10.7. The second-order valence-electron chi connectivity index (χ2n) is 9.18. The molecule has 2 heterocycles. The fourth-order valence-electron chi connectivity index (χ4n) is 5.07. The molecule has 1 fully saturated rings. The van der Waals surface area contributed by atoms with Crippen molar-refractivity contribution < 1.29 is 27.5 Å². The van der Waals surface area contributed by atoms with E-state index in [9.17, 15) is 22.8 Å². The van der Waals surface area contributed by atoms with Gasteiger partial charge in [0.25, 0.3) is 5.91 Å². The Kier molecular flexibility index (Phi) is 6.70. The van der Waals surface area contributed by atoms with Gasteiger partial charge in [0.2, 0.25) is 15.9 Å². The lowest BCUT2D eigenvalue weighted by atomic mass is 9.72. The van der Waals surface area contributed by atoms with Crippen LogP contribution in [0.5, 0.6) is 0 Å². The third-order valence-corrected chi connectivity index (χ3v) is 7.88. The molecule has 4 rings (SSSR count). The number of sulfonamides is 1. The molecule has 0 aliphatic carbocycles. The molecule has 35 heavy (non-hydrogen) atoms. The van der Waals surface area contributed by atoms with Crippen LogP contribution in [0.1, 0.15) is 37.8 Å². The van der Waals surface area contributed by atoms with Gasteiger partial charge in [-0.1, -0.05) is 30.3 Å². The molecule has 10 heteroatoms. The summed E-state index contributed by atoms with van der Waals surface area (Å²) in [6, 6.07) is 13.5. The second kappa shape index (κ2) is 9.43. The number of primary sulfonamides is 1. The molecule has 0 aromatic heterocycles. The maximum atomic E-state index is 13.4. The zero-order valence-electron chi connectivity index (χ0n) is 19.8. The van der Waals surface area contributed by atoms with Crippen molar-refractivity contribution in [2.45, 2.75) is 49.5 Å². The number of nitrogens with two attached hydrogens (primary N) is 1. The van der Waals surface area contributed by atoms with Crippen molar-refractivity contribution in [3.05, 3.63) is 59.7 Å². The van der Waals surface area contributed by atoms with Crippen LogP contribution in [0.25, 0.3) is 0 Å². The summed E-state index contributed by atoms with van der Waals surface area (Å²) < 4.78 is 29.0. The summed E-state index contributed by atoms with van der Waals surface area (Å²) in [4.78, 5) is 41.6. The topological polar surface area (TPSA) is 127 Å². The molecule has 2 aromatic carbocycles. The van der Waals surface area contributed by atoms with E-state index in [-0.39, 0.29) is 16.8 Å². The molecule has 2 aliphatic rings. The predicted molar refractivity (Wildman–Crippen MR) is 129 cm³/mol. The molecular formula is C25H29N3O6S. The molecule has 2 aromatic rings. The number of nitrogens with zero attached hydrogens (tertiary/aromatic N) is 2. The van der Waals surface area contributed by atoms with Crippen molar-refractivity contribution in [1.82, 2.24) is 4.90 Å². The minimum absolute atomic E-state index is 0.00844. The maximum absolute atomic E-state index is 13.4. The molecule has 1 saturated heterocycles. The van der Waals surface area contributed by atoms with Crippen LogP contribution >= 0.6 is 0 Å². The molecule has 2 amide bonds. The maximum Gasteiger partial charge on any atom is 0.317 e. The summed E-state index contributed by atoms with van der Waals surface area (Å²) in [6.45, 7) is 3.77. The third-order valence-electron chi connectivity index (χ3n) is 6.97. The molecule has 0 radical (unpaired) electrons. The molecule has 0 spiro atoms. The Bertz CT molecular complexity index is 1250. The van der Waals surface area contributed by atoms with Gasteiger partial charge in [-0.15, -0.1) is 0 Å². The van der Waals surface area contributed by atoms with Gasteiger partial charge < -0.3 is 14.5 Å². The van der Waals surface area contributed by atoms with Crippen LogP contribution in [0.3, 0.4) is 0 Å². The normalized spacial score (nSPS) is 19.2. The summed E-state index contributed by atoms with van der Waals surface area (Å²) in [7, 11) is -3.85. The number of carbonyl (C=O) groups is 3. The predicted octanol–water partition coefficient (Wildman–Crippen LogP) is 1.74. The number of ether oxygens (including phenoxy) is 1. The fourth-order valence-corrected chi connectivity index (χ4v) is 5.63. The van der Waals surface area contributed by atoms with Gasteiger partial charge in [0.05, 0.1) is 10.3 Å². The number of esters is 1. The van der Waals surface area contributed by atoms with E-state index in [1.54, 1.807) is 11.0 Å². The Labute approximate surface area is 204 Å². The van der Waals surface area contributed by atoms with E-state index in [0.29, 0.717) is 43.6 Å². The van der Waals surface area contributed by atoms with E-state index in [1.165, 1.54) is 24.0 Å². The van der Waals surface area contributed by atoms with Crippen LogP contribution < -0.4 is 10.0 Å². The number of hydrogen-bond donors (Lipinski definition) is 1. The van der Waals surface area contributed by atoms with Gasteiger partial charge in [0, 0.05) is 31.7 Å². The highest BCUT2D eigenvalue weighted by Crippen LogP contribution is 2.38. The number of piperidine rings is 1. The van der Waals surface area contributed by atoms with E-state index >= 15 is 0 Å². The van der Waals surface area contributed by atoms with Crippen LogP contribution in [-0.2, 0) is 41.0 Å². The van der Waals surface area contributed by atoms with Crippen molar-refractivity contribution in [2.75, 3.05) is 24.6 Å². The molecule has 9 nitrogen and oxygen atoms in total. The van der Waals surface area contributed by atoms with E-state index in [2.05, 4.69) is 0 Å². The average Bonchev–Trinajstić information content (AvgIpc) is 3.17. The zero-order valence-corrected chi connectivity index (χ0v) is 20.6. The monoisotopic (exact) mass is 499 g/mol. The van der Waals surface area contributed by atoms with Crippen molar-refractivity contribution in [3.63, 3.8) is 0 Å². The van der Waals surface area contributed by atoms with Crippen LogP contribution in [0.15, 0.2) is 53.4 Å². The van der Waals surface area contributed by atoms with Crippen molar-refractivity contribution in [3.8, 4) is 0 Å². The number of rotatable bonds is 5. The molecular weight excluding hydrogens is 470 g/mol. The highest BCUT2D eigenvalue weighted by atomic mass is 32.2. The number of benzene rings is 2. The lowest BCUT2D eigenvalue weighted by molar-refractivity contribution is -0.157. The number of hydrogen-bond acceptors (Lipinski definition) is 6. The summed E-state index contributed by atoms with van der Waals surface area (Å²) in [6.07, 6.45) is 1.28. The van der Waals surface area contributed by atoms with E-state index in [4.69, 9.17) is 9.88 Å². The number of amides is 2. The lowest BCUT2D eigenvalue weighted by Gasteiger charge is -2.40. The van der Waals surface area contributed by atoms with Crippen LogP contribution in [0.2, 0.25) is 0 Å². The standard InChI is InChI=1S/C25H29N3O6S/c1-17-14-19-15-21(35(26,32)33)8-9-22(19)28(17)23(30)16-34-24(31)25(20-6-4-3-5-7-20)10-12-27(13-11-25)18(2)29/h3-9,15,17H,10-14,16H2,1-2H3,(H2,26,32,33). The van der Waals surface area contributed by atoms with Gasteiger partial charge in [0.15, 0.2) is 6.61 Å².